The van der Waals surface area contributed by atoms with Gasteiger partial charge in [-0.1, -0.05) is 5.92 Å². The average Bonchev–Trinajstić information content (AvgIpc) is 2.48. The van der Waals surface area contributed by atoms with Crippen LogP contribution in [-0.4, -0.2) is 29.0 Å². The molecule has 5 nitrogen and oxygen atoms in total. The molecule has 0 bridgehead atoms. The van der Waals surface area contributed by atoms with E-state index < -0.39 is 0 Å². The highest BCUT2D eigenvalue weighted by Crippen LogP contribution is 2.24. The van der Waals surface area contributed by atoms with E-state index in [4.69, 9.17) is 11.2 Å². The maximum absolute atomic E-state index is 12.0. The van der Waals surface area contributed by atoms with E-state index in [1.165, 1.54) is 4.68 Å². The van der Waals surface area contributed by atoms with Crippen LogP contribution in [0.5, 0.6) is 0 Å². The van der Waals surface area contributed by atoms with Crippen LogP contribution in [0, 0.1) is 18.3 Å². The highest BCUT2D eigenvalue weighted by molar-refractivity contribution is 9.10. The second-order valence-corrected chi connectivity index (χ2v) is 5.71. The third-order valence-electron chi connectivity index (χ3n) is 3.58. The molecule has 0 aliphatic carbocycles. The molecule has 1 N–H and O–H groups in total. The predicted octanol–water partition coefficient (Wildman–Crippen LogP) is 1.87. The van der Waals surface area contributed by atoms with Crippen molar-refractivity contribution in [3.63, 3.8) is 0 Å². The summed E-state index contributed by atoms with van der Waals surface area (Å²) in [6, 6.07) is 0.264. The van der Waals surface area contributed by atoms with Crippen molar-refractivity contribution >= 4 is 21.6 Å². The molecule has 1 aliphatic heterocycles. The Bertz CT molecular complexity index is 559. The van der Waals surface area contributed by atoms with E-state index in [-0.39, 0.29) is 18.1 Å². The first-order valence-corrected chi connectivity index (χ1v) is 7.46. The summed E-state index contributed by atoms with van der Waals surface area (Å²) in [6.07, 6.45) is 8.91. The van der Waals surface area contributed by atoms with Gasteiger partial charge in [0.2, 0.25) is 0 Å². The molecule has 20 heavy (non-hydrogen) atoms. The standard InChI is InChI=1S/C14H18BrN3O2/c1-3-6-18-14(19)13(15)12(9-16-18)17-10(2)11-4-7-20-8-5-11/h1,9-11,17H,4-8H2,2H3. The van der Waals surface area contributed by atoms with Crippen molar-refractivity contribution in [2.75, 3.05) is 18.5 Å². The Morgan fingerprint density at radius 1 is 1.65 bits per heavy atom. The molecule has 1 fully saturated rings. The van der Waals surface area contributed by atoms with Crippen LogP contribution in [0.4, 0.5) is 5.69 Å². The number of terminal acetylenes is 1. The summed E-state index contributed by atoms with van der Waals surface area (Å²) in [5.74, 6) is 2.95. The Hall–Kier alpha value is -1.32. The number of hydrogen-bond donors (Lipinski definition) is 1. The van der Waals surface area contributed by atoms with Crippen molar-refractivity contribution in [2.24, 2.45) is 5.92 Å². The zero-order chi connectivity index (χ0) is 14.5. The van der Waals surface area contributed by atoms with Crippen molar-refractivity contribution in [2.45, 2.75) is 32.4 Å². The molecular formula is C14H18BrN3O2. The summed E-state index contributed by atoms with van der Waals surface area (Å²) < 4.78 is 7.10. The third-order valence-corrected chi connectivity index (χ3v) is 4.35. The van der Waals surface area contributed by atoms with Gasteiger partial charge in [0.1, 0.15) is 11.0 Å². The molecule has 0 radical (unpaired) electrons. The van der Waals surface area contributed by atoms with Gasteiger partial charge in [0.25, 0.3) is 5.56 Å². The molecule has 1 aromatic heterocycles. The molecule has 1 aliphatic rings. The highest BCUT2D eigenvalue weighted by Gasteiger charge is 2.21. The van der Waals surface area contributed by atoms with Crippen LogP contribution >= 0.6 is 15.9 Å². The lowest BCUT2D eigenvalue weighted by Gasteiger charge is -2.29. The van der Waals surface area contributed by atoms with Crippen molar-refractivity contribution < 1.29 is 4.74 Å². The number of hydrogen-bond acceptors (Lipinski definition) is 4. The van der Waals surface area contributed by atoms with Gasteiger partial charge >= 0.3 is 0 Å². The largest absolute Gasteiger partial charge is 0.381 e. The maximum Gasteiger partial charge on any atom is 0.284 e. The van der Waals surface area contributed by atoms with Crippen molar-refractivity contribution in [1.82, 2.24) is 9.78 Å². The van der Waals surface area contributed by atoms with Crippen molar-refractivity contribution in [3.05, 3.63) is 21.0 Å². The predicted molar refractivity (Wildman–Crippen MR) is 81.7 cm³/mol. The first kappa shape index (κ1) is 15.1. The molecule has 1 saturated heterocycles. The number of rotatable bonds is 4. The molecule has 0 saturated carbocycles. The number of nitrogens with zero attached hydrogens (tertiary/aromatic N) is 2. The third kappa shape index (κ3) is 3.41. The lowest BCUT2D eigenvalue weighted by molar-refractivity contribution is 0.0622. The normalized spacial score (nSPS) is 17.4. The topological polar surface area (TPSA) is 56.1 Å². The van der Waals surface area contributed by atoms with E-state index in [0.717, 1.165) is 26.1 Å². The number of ether oxygens (including phenoxy) is 1. The fourth-order valence-corrected chi connectivity index (χ4v) is 2.77. The second kappa shape index (κ2) is 6.91. The zero-order valence-corrected chi connectivity index (χ0v) is 13.0. The molecule has 6 heteroatoms. The zero-order valence-electron chi connectivity index (χ0n) is 11.4. The Kier molecular flexibility index (Phi) is 5.21. The number of anilines is 1. The fourth-order valence-electron chi connectivity index (χ4n) is 2.34. The van der Waals surface area contributed by atoms with Gasteiger partial charge in [-0.15, -0.1) is 6.42 Å². The Morgan fingerprint density at radius 3 is 3.00 bits per heavy atom. The minimum absolute atomic E-state index is 0.174. The van der Waals surface area contributed by atoms with E-state index in [0.29, 0.717) is 16.1 Å². The highest BCUT2D eigenvalue weighted by atomic mass is 79.9. The minimum Gasteiger partial charge on any atom is -0.381 e. The maximum atomic E-state index is 12.0. The van der Waals surface area contributed by atoms with E-state index in [1.807, 2.05) is 0 Å². The van der Waals surface area contributed by atoms with Crippen LogP contribution in [-0.2, 0) is 11.3 Å². The van der Waals surface area contributed by atoms with E-state index >= 15 is 0 Å². The SMILES string of the molecule is C#CCn1ncc(NC(C)C2CCOCC2)c(Br)c1=O. The van der Waals surface area contributed by atoms with Gasteiger partial charge < -0.3 is 10.1 Å². The molecule has 1 unspecified atom stereocenters. The second-order valence-electron chi connectivity index (χ2n) is 4.92. The van der Waals surface area contributed by atoms with E-state index in [2.05, 4.69) is 39.2 Å². The summed E-state index contributed by atoms with van der Waals surface area (Å²) in [5.41, 5.74) is 0.495. The van der Waals surface area contributed by atoms with Crippen LogP contribution in [0.3, 0.4) is 0 Å². The van der Waals surface area contributed by atoms with Crippen molar-refractivity contribution in [3.8, 4) is 12.3 Å². The molecular weight excluding hydrogens is 322 g/mol. The van der Waals surface area contributed by atoms with Crippen LogP contribution in [0.2, 0.25) is 0 Å². The van der Waals surface area contributed by atoms with Crippen molar-refractivity contribution in [1.29, 1.82) is 0 Å². The molecule has 0 aromatic carbocycles. The van der Waals surface area contributed by atoms with Crippen LogP contribution < -0.4 is 10.9 Å². The molecule has 1 aromatic rings. The molecule has 0 spiro atoms. The smallest absolute Gasteiger partial charge is 0.284 e. The summed E-state index contributed by atoms with van der Waals surface area (Å²) >= 11 is 3.32. The van der Waals surface area contributed by atoms with Gasteiger partial charge in [-0.2, -0.15) is 5.10 Å². The van der Waals surface area contributed by atoms with Crippen LogP contribution in [0.15, 0.2) is 15.5 Å². The summed E-state index contributed by atoms with van der Waals surface area (Å²) in [4.78, 5) is 12.0. The average molecular weight is 340 g/mol. The van der Waals surface area contributed by atoms with Crippen LogP contribution in [0.1, 0.15) is 19.8 Å². The monoisotopic (exact) mass is 339 g/mol. The summed E-state index contributed by atoms with van der Waals surface area (Å²) in [5, 5.41) is 7.43. The Labute approximate surface area is 126 Å². The lowest BCUT2D eigenvalue weighted by atomic mass is 9.93. The number of nitrogens with one attached hydrogen (secondary N) is 1. The van der Waals surface area contributed by atoms with Gasteiger partial charge in [0.15, 0.2) is 0 Å². The fraction of sp³-hybridized carbons (Fsp3) is 0.571. The van der Waals surface area contributed by atoms with E-state index in [9.17, 15) is 4.79 Å². The first-order chi connectivity index (χ1) is 9.63. The summed E-state index contributed by atoms with van der Waals surface area (Å²) in [6.45, 7) is 3.91. The quantitative estimate of drug-likeness (QED) is 0.851. The first-order valence-electron chi connectivity index (χ1n) is 6.67. The van der Waals surface area contributed by atoms with Gasteiger partial charge in [-0.05, 0) is 41.6 Å². The number of halogens is 1. The minimum atomic E-state index is -0.216. The lowest BCUT2D eigenvalue weighted by Crippen LogP contribution is -2.32. The van der Waals surface area contributed by atoms with Gasteiger partial charge in [0, 0.05) is 19.3 Å². The Balaban J connectivity index is 2.11. The molecule has 2 rings (SSSR count). The van der Waals surface area contributed by atoms with E-state index in [1.54, 1.807) is 6.20 Å². The van der Waals surface area contributed by atoms with Gasteiger partial charge in [-0.25, -0.2) is 4.68 Å². The molecule has 0 amide bonds. The summed E-state index contributed by atoms with van der Waals surface area (Å²) in [7, 11) is 0. The van der Waals surface area contributed by atoms with Crippen LogP contribution in [0.25, 0.3) is 0 Å². The Morgan fingerprint density at radius 2 is 2.35 bits per heavy atom. The molecule has 2 heterocycles. The van der Waals surface area contributed by atoms with Gasteiger partial charge in [0.05, 0.1) is 11.9 Å². The number of aromatic nitrogens is 2. The van der Waals surface area contributed by atoms with Gasteiger partial charge in [-0.3, -0.25) is 4.79 Å². The molecule has 1 atom stereocenters. The molecule has 108 valence electrons.